The molecule has 0 spiro atoms. The van der Waals surface area contributed by atoms with Gasteiger partial charge in [0.1, 0.15) is 0 Å². The van der Waals surface area contributed by atoms with Crippen molar-refractivity contribution in [3.05, 3.63) is 0 Å². The Morgan fingerprint density at radius 3 is 0.889 bits per heavy atom. The van der Waals surface area contributed by atoms with Crippen LogP contribution >= 0.6 is 0 Å². The lowest BCUT2D eigenvalue weighted by molar-refractivity contribution is -0.0328. The van der Waals surface area contributed by atoms with Crippen molar-refractivity contribution in [2.75, 3.05) is 26.4 Å². The van der Waals surface area contributed by atoms with Gasteiger partial charge in [-0.15, -0.1) is 0 Å². The van der Waals surface area contributed by atoms with E-state index < -0.39 is 31.8 Å². The number of aliphatic hydroxyl groups is 4. The number of hydrogen-bond donors (Lipinski definition) is 4. The summed E-state index contributed by atoms with van der Waals surface area (Å²) >= 11 is 0. The van der Waals surface area contributed by atoms with Crippen molar-refractivity contribution in [3.8, 4) is 0 Å². The summed E-state index contributed by atoms with van der Waals surface area (Å²) in [6.45, 7) is -1.62. The molecule has 0 saturated carbocycles. The normalized spacial score (nSPS) is 12.0. The molecule has 4 N–H and O–H groups in total. The van der Waals surface area contributed by atoms with Gasteiger partial charge in [0, 0.05) is 0 Å². The molecule has 4 heteroatoms. The van der Waals surface area contributed by atoms with Gasteiger partial charge in [-0.3, -0.25) is 0 Å². The second-order valence-electron chi connectivity index (χ2n) is 2.13. The lowest BCUT2D eigenvalue weighted by atomic mass is 10.3. The second kappa shape index (κ2) is 3.79. The first-order chi connectivity index (χ1) is 4.24. The average Bonchev–Trinajstić information content (AvgIpc) is 1.95. The van der Waals surface area contributed by atoms with Crippen molar-refractivity contribution >= 4 is 0 Å². The first-order valence-electron chi connectivity index (χ1n) is 2.68. The summed E-state index contributed by atoms with van der Waals surface area (Å²) in [4.78, 5) is 0. The summed E-state index contributed by atoms with van der Waals surface area (Å²) in [6.07, 6.45) is 0. The van der Waals surface area contributed by atoms with E-state index in [4.69, 9.17) is 20.4 Å². The molecule has 0 aliphatic carbocycles. The van der Waals surface area contributed by atoms with Crippen LogP contribution in [-0.4, -0.2) is 46.9 Å². The van der Waals surface area contributed by atoms with E-state index in [-0.39, 0.29) is 0 Å². The molecule has 0 unspecified atom stereocenters. The molecule has 0 amide bonds. The summed E-state index contributed by atoms with van der Waals surface area (Å²) in [6, 6.07) is 0. The maximum Gasteiger partial charge on any atom is 0.0627 e. The largest absolute Gasteiger partial charge is 0.396 e. The van der Waals surface area contributed by atoms with Crippen LogP contribution in [0.25, 0.3) is 0 Å². The van der Waals surface area contributed by atoms with Crippen LogP contribution in [0.2, 0.25) is 0 Å². The molecule has 56 valence electrons. The first kappa shape index (κ1) is 8.84. The van der Waals surface area contributed by atoms with E-state index >= 15 is 0 Å². The highest BCUT2D eigenvalue weighted by Crippen LogP contribution is 2.11. The summed E-state index contributed by atoms with van der Waals surface area (Å²) in [7, 11) is 0. The molecule has 0 saturated heterocycles. The van der Waals surface area contributed by atoms with Crippen LogP contribution in [0.5, 0.6) is 0 Å². The standard InChI is InChI=1S/C5H12O4/c6-1-5(2-7,3-8)4-9/h6-9H,1-4H2/i5+1. The van der Waals surface area contributed by atoms with E-state index in [0.717, 1.165) is 0 Å². The smallest absolute Gasteiger partial charge is 0.0627 e. The molecule has 0 fully saturated rings. The van der Waals surface area contributed by atoms with Crippen molar-refractivity contribution in [1.29, 1.82) is 0 Å². The zero-order valence-electron chi connectivity index (χ0n) is 5.12. The molecular weight excluding hydrogens is 125 g/mol. The second-order valence-corrected chi connectivity index (χ2v) is 2.13. The van der Waals surface area contributed by atoms with Crippen molar-refractivity contribution in [2.24, 2.45) is 5.41 Å². The summed E-state index contributed by atoms with van der Waals surface area (Å²) in [5.41, 5.74) is -1.11. The minimum atomic E-state index is -1.11. The molecule has 0 aliphatic rings. The Bertz CT molecular complexity index is 51.8. The van der Waals surface area contributed by atoms with E-state index in [0.29, 0.717) is 0 Å². The highest BCUT2D eigenvalue weighted by atomic mass is 16.3. The third-order valence-corrected chi connectivity index (χ3v) is 1.34. The Morgan fingerprint density at radius 1 is 0.667 bits per heavy atom. The quantitative estimate of drug-likeness (QED) is 0.336. The summed E-state index contributed by atoms with van der Waals surface area (Å²) < 4.78 is 0. The third-order valence-electron chi connectivity index (χ3n) is 1.34. The highest BCUT2D eigenvalue weighted by Gasteiger charge is 2.26. The predicted octanol–water partition coefficient (Wildman–Crippen LogP) is -2.06. The van der Waals surface area contributed by atoms with E-state index in [1.54, 1.807) is 0 Å². The molecule has 0 rings (SSSR count). The number of hydrogen-bond acceptors (Lipinski definition) is 4. The number of aliphatic hydroxyl groups excluding tert-OH is 4. The zero-order chi connectivity index (χ0) is 7.33. The van der Waals surface area contributed by atoms with Crippen molar-refractivity contribution in [1.82, 2.24) is 0 Å². The molecular formula is C5H12O4. The van der Waals surface area contributed by atoms with Crippen LogP contribution in [-0.2, 0) is 0 Å². The lowest BCUT2D eigenvalue weighted by Gasteiger charge is -2.23. The Morgan fingerprint density at radius 2 is 0.889 bits per heavy atom. The van der Waals surface area contributed by atoms with Gasteiger partial charge >= 0.3 is 0 Å². The van der Waals surface area contributed by atoms with Crippen molar-refractivity contribution < 1.29 is 20.4 Å². The van der Waals surface area contributed by atoms with Crippen molar-refractivity contribution in [3.63, 3.8) is 0 Å². The summed E-state index contributed by atoms with van der Waals surface area (Å²) in [5.74, 6) is 0. The number of rotatable bonds is 4. The van der Waals surface area contributed by atoms with Crippen molar-refractivity contribution in [2.45, 2.75) is 0 Å². The third kappa shape index (κ3) is 1.91. The van der Waals surface area contributed by atoms with Crippen LogP contribution in [0.15, 0.2) is 0 Å². The summed E-state index contributed by atoms with van der Waals surface area (Å²) in [5, 5.41) is 34.0. The van der Waals surface area contributed by atoms with Crippen LogP contribution in [0.1, 0.15) is 0 Å². The Kier molecular flexibility index (Phi) is 3.72. The van der Waals surface area contributed by atoms with Crippen LogP contribution in [0.4, 0.5) is 0 Å². The first-order valence-corrected chi connectivity index (χ1v) is 2.68. The fraction of sp³-hybridized carbons (Fsp3) is 1.00. The Balaban J connectivity index is 3.82. The molecule has 0 aromatic carbocycles. The lowest BCUT2D eigenvalue weighted by Crippen LogP contribution is -2.37. The van der Waals surface area contributed by atoms with Gasteiger partial charge in [-0.25, -0.2) is 0 Å². The minimum Gasteiger partial charge on any atom is -0.396 e. The fourth-order valence-corrected chi connectivity index (χ4v) is 0.300. The molecule has 0 aromatic heterocycles. The molecule has 0 aromatic rings. The monoisotopic (exact) mass is 137 g/mol. The fourth-order valence-electron chi connectivity index (χ4n) is 0.300. The van der Waals surface area contributed by atoms with E-state index in [2.05, 4.69) is 0 Å². The van der Waals surface area contributed by atoms with Gasteiger partial charge in [-0.2, -0.15) is 0 Å². The van der Waals surface area contributed by atoms with Gasteiger partial charge in [-0.1, -0.05) is 0 Å². The Labute approximate surface area is 53.4 Å². The van der Waals surface area contributed by atoms with Gasteiger partial charge in [0.25, 0.3) is 0 Å². The van der Waals surface area contributed by atoms with Gasteiger partial charge in [0.05, 0.1) is 31.8 Å². The van der Waals surface area contributed by atoms with Crippen LogP contribution < -0.4 is 0 Å². The molecule has 0 heterocycles. The van der Waals surface area contributed by atoms with Gasteiger partial charge in [-0.05, 0) is 0 Å². The molecule has 0 atom stereocenters. The zero-order valence-corrected chi connectivity index (χ0v) is 5.12. The Hall–Kier alpha value is -0.160. The highest BCUT2D eigenvalue weighted by molar-refractivity contribution is 4.74. The average molecular weight is 137 g/mol. The predicted molar refractivity (Wildman–Crippen MR) is 30.8 cm³/mol. The van der Waals surface area contributed by atoms with Crippen LogP contribution in [0, 0.1) is 5.41 Å². The van der Waals surface area contributed by atoms with Crippen LogP contribution in [0.3, 0.4) is 0 Å². The van der Waals surface area contributed by atoms with Gasteiger partial charge in [0.2, 0.25) is 0 Å². The topological polar surface area (TPSA) is 80.9 Å². The van der Waals surface area contributed by atoms with E-state index in [1.165, 1.54) is 0 Å². The molecule has 9 heavy (non-hydrogen) atoms. The van der Waals surface area contributed by atoms with Gasteiger partial charge in [0.15, 0.2) is 0 Å². The minimum absolute atomic E-state index is 0.406. The van der Waals surface area contributed by atoms with E-state index in [1.807, 2.05) is 0 Å². The molecule has 0 aliphatic heterocycles. The molecule has 4 nitrogen and oxygen atoms in total. The maximum absolute atomic E-state index is 8.50. The molecule has 0 bridgehead atoms. The maximum atomic E-state index is 8.50. The van der Waals surface area contributed by atoms with E-state index in [9.17, 15) is 0 Å². The van der Waals surface area contributed by atoms with Gasteiger partial charge < -0.3 is 20.4 Å². The SMILES string of the molecule is OC[13C](CO)(CO)CO. The molecule has 0 radical (unpaired) electrons.